The number of aryl methyl sites for hydroxylation is 1. The maximum atomic E-state index is 9.24. The van der Waals surface area contributed by atoms with Gasteiger partial charge in [0.2, 0.25) is 0 Å². The van der Waals surface area contributed by atoms with Crippen LogP contribution in [0.15, 0.2) is 60.9 Å². The topological polar surface area (TPSA) is 42.2 Å². The first kappa shape index (κ1) is 17.0. The number of nitrogens with zero attached hydrogens (tertiary/aromatic N) is 1. The van der Waals surface area contributed by atoms with Gasteiger partial charge in [0.05, 0.1) is 18.6 Å². The van der Waals surface area contributed by atoms with Crippen molar-refractivity contribution in [2.24, 2.45) is 5.92 Å². The molecule has 1 aliphatic heterocycles. The first-order valence-corrected chi connectivity index (χ1v) is 8.28. The smallest absolute Gasteiger partial charge is 0.135 e. The molecular weight excluding hydrogens is 310 g/mol. The zero-order valence-electron chi connectivity index (χ0n) is 14.6. The molecule has 3 nitrogen and oxygen atoms in total. The monoisotopic (exact) mass is 331 g/mol. The van der Waals surface area contributed by atoms with E-state index in [4.69, 9.17) is 9.47 Å². The highest BCUT2D eigenvalue weighted by Gasteiger charge is 2.20. The second-order valence-corrected chi connectivity index (χ2v) is 6.26. The number of hydrogen-bond acceptors (Lipinski definition) is 3. The number of ether oxygens (including phenoxy) is 2. The summed E-state index contributed by atoms with van der Waals surface area (Å²) < 4.78 is 11.0. The quantitative estimate of drug-likeness (QED) is 0.800. The van der Waals surface area contributed by atoms with E-state index >= 15 is 0 Å². The Labute approximate surface area is 148 Å². The van der Waals surface area contributed by atoms with Crippen LogP contribution < -0.4 is 4.74 Å². The van der Waals surface area contributed by atoms with Crippen LogP contribution in [0.1, 0.15) is 22.3 Å². The maximum absolute atomic E-state index is 9.24. The highest BCUT2D eigenvalue weighted by atomic mass is 16.5. The van der Waals surface area contributed by atoms with Crippen LogP contribution >= 0.6 is 0 Å². The molecule has 3 rings (SSSR count). The van der Waals surface area contributed by atoms with Crippen LogP contribution in [0.5, 0.6) is 5.75 Å². The Kier molecular flexibility index (Phi) is 5.02. The molecule has 0 aliphatic carbocycles. The number of nitriles is 1. The molecule has 1 aliphatic rings. The van der Waals surface area contributed by atoms with Crippen LogP contribution in [0.25, 0.3) is 5.57 Å². The second-order valence-electron chi connectivity index (χ2n) is 6.26. The summed E-state index contributed by atoms with van der Waals surface area (Å²) in [7, 11) is 1.61. The highest BCUT2D eigenvalue weighted by molar-refractivity contribution is 5.87. The molecule has 0 bridgehead atoms. The number of benzene rings is 2. The maximum Gasteiger partial charge on any atom is 0.135 e. The minimum Gasteiger partial charge on any atom is -0.457 e. The van der Waals surface area contributed by atoms with Crippen molar-refractivity contribution in [1.29, 1.82) is 5.26 Å². The fourth-order valence-electron chi connectivity index (χ4n) is 3.14. The molecule has 25 heavy (non-hydrogen) atoms. The minimum atomic E-state index is -0.166. The van der Waals surface area contributed by atoms with E-state index in [1.54, 1.807) is 7.11 Å². The molecule has 1 unspecified atom stereocenters. The molecule has 0 N–H and O–H groups in total. The Morgan fingerprint density at radius 1 is 1.20 bits per heavy atom. The molecule has 0 fully saturated rings. The predicted molar refractivity (Wildman–Crippen MR) is 99.2 cm³/mol. The van der Waals surface area contributed by atoms with E-state index in [1.165, 1.54) is 11.1 Å². The van der Waals surface area contributed by atoms with Gasteiger partial charge in [-0.25, -0.2) is 0 Å². The summed E-state index contributed by atoms with van der Waals surface area (Å²) in [5, 5.41) is 9.24. The summed E-state index contributed by atoms with van der Waals surface area (Å²) in [5.41, 5.74) is 5.61. The normalized spacial score (nSPS) is 14.1. The molecule has 3 heteroatoms. The lowest BCUT2D eigenvalue weighted by atomic mass is 9.90. The summed E-state index contributed by atoms with van der Waals surface area (Å²) in [4.78, 5) is 0. The Morgan fingerprint density at radius 3 is 2.72 bits per heavy atom. The molecular formula is C22H21NO2. The van der Waals surface area contributed by atoms with E-state index < -0.39 is 0 Å². The van der Waals surface area contributed by atoms with Crippen molar-refractivity contribution in [2.45, 2.75) is 13.3 Å². The molecule has 0 saturated carbocycles. The van der Waals surface area contributed by atoms with Gasteiger partial charge in [0.15, 0.2) is 0 Å². The standard InChI is InChI=1S/C22H21NO2/c1-15-6-4-5-7-19(15)21-10-16(2)25-22-12-17(8-9-20(21)22)11-18(13-23)14-24-3/h4-10,12,18H,2,11,14H2,1,3H3. The van der Waals surface area contributed by atoms with E-state index in [0.717, 1.165) is 22.4 Å². The molecule has 0 radical (unpaired) electrons. The SMILES string of the molecule is C=C1C=C(c2ccccc2C)c2ccc(CC(C#N)COC)cc2O1. The van der Waals surface area contributed by atoms with Crippen molar-refractivity contribution in [1.82, 2.24) is 0 Å². The summed E-state index contributed by atoms with van der Waals surface area (Å²) in [6.45, 7) is 6.51. The number of fused-ring (bicyclic) bond motifs is 1. The minimum absolute atomic E-state index is 0.166. The van der Waals surface area contributed by atoms with Crippen molar-refractivity contribution in [3.8, 4) is 11.8 Å². The molecule has 0 aromatic heterocycles. The van der Waals surface area contributed by atoms with Gasteiger partial charge in [-0.05, 0) is 47.8 Å². The molecule has 126 valence electrons. The fourth-order valence-corrected chi connectivity index (χ4v) is 3.14. The van der Waals surface area contributed by atoms with E-state index in [-0.39, 0.29) is 5.92 Å². The van der Waals surface area contributed by atoms with Crippen LogP contribution in [-0.4, -0.2) is 13.7 Å². The fraction of sp³-hybridized carbons (Fsp3) is 0.227. The van der Waals surface area contributed by atoms with Gasteiger partial charge in [0, 0.05) is 12.7 Å². The Morgan fingerprint density at radius 2 is 2.00 bits per heavy atom. The second kappa shape index (κ2) is 7.38. The highest BCUT2D eigenvalue weighted by Crippen LogP contribution is 2.38. The lowest BCUT2D eigenvalue weighted by Crippen LogP contribution is -2.10. The first-order valence-electron chi connectivity index (χ1n) is 8.28. The number of allylic oxidation sites excluding steroid dienone is 1. The van der Waals surface area contributed by atoms with E-state index in [2.05, 4.69) is 43.8 Å². The summed E-state index contributed by atoms with van der Waals surface area (Å²) in [6, 6.07) is 16.7. The Bertz CT molecular complexity index is 874. The van der Waals surface area contributed by atoms with Crippen LogP contribution in [-0.2, 0) is 11.2 Å². The largest absolute Gasteiger partial charge is 0.457 e. The van der Waals surface area contributed by atoms with Gasteiger partial charge in [-0.2, -0.15) is 5.26 Å². The zero-order valence-corrected chi connectivity index (χ0v) is 14.6. The summed E-state index contributed by atoms with van der Waals surface area (Å²) in [5.74, 6) is 1.25. The molecule has 1 atom stereocenters. The molecule has 1 heterocycles. The molecule has 2 aromatic carbocycles. The van der Waals surface area contributed by atoms with Crippen LogP contribution in [0.4, 0.5) is 0 Å². The Balaban J connectivity index is 1.97. The Hall–Kier alpha value is -2.83. The van der Waals surface area contributed by atoms with Crippen molar-refractivity contribution in [3.05, 3.63) is 83.1 Å². The lowest BCUT2D eigenvalue weighted by Gasteiger charge is -2.22. The van der Waals surface area contributed by atoms with E-state index in [0.29, 0.717) is 18.8 Å². The van der Waals surface area contributed by atoms with Gasteiger partial charge in [0.25, 0.3) is 0 Å². The van der Waals surface area contributed by atoms with Gasteiger partial charge in [0.1, 0.15) is 11.5 Å². The van der Waals surface area contributed by atoms with Gasteiger partial charge in [-0.3, -0.25) is 0 Å². The summed E-state index contributed by atoms with van der Waals surface area (Å²) in [6.07, 6.45) is 2.62. The predicted octanol–water partition coefficient (Wildman–Crippen LogP) is 4.66. The van der Waals surface area contributed by atoms with E-state index in [9.17, 15) is 5.26 Å². The van der Waals surface area contributed by atoms with Crippen LogP contribution in [0.2, 0.25) is 0 Å². The number of hydrogen-bond donors (Lipinski definition) is 0. The lowest BCUT2D eigenvalue weighted by molar-refractivity contribution is 0.172. The third-order valence-electron chi connectivity index (χ3n) is 4.35. The van der Waals surface area contributed by atoms with Crippen LogP contribution in [0, 0.1) is 24.2 Å². The molecule has 2 aromatic rings. The summed E-state index contributed by atoms with van der Waals surface area (Å²) >= 11 is 0. The number of methoxy groups -OCH3 is 1. The average Bonchev–Trinajstić information content (AvgIpc) is 2.61. The van der Waals surface area contributed by atoms with Gasteiger partial charge >= 0.3 is 0 Å². The third-order valence-corrected chi connectivity index (χ3v) is 4.35. The van der Waals surface area contributed by atoms with Crippen molar-refractivity contribution in [3.63, 3.8) is 0 Å². The number of rotatable bonds is 5. The zero-order chi connectivity index (χ0) is 17.8. The van der Waals surface area contributed by atoms with Gasteiger partial charge in [-0.1, -0.05) is 43.0 Å². The molecule has 0 saturated heterocycles. The van der Waals surface area contributed by atoms with Crippen molar-refractivity contribution < 1.29 is 9.47 Å². The molecule has 0 amide bonds. The van der Waals surface area contributed by atoms with Gasteiger partial charge < -0.3 is 9.47 Å². The third kappa shape index (κ3) is 3.65. The molecule has 0 spiro atoms. The van der Waals surface area contributed by atoms with Crippen molar-refractivity contribution in [2.75, 3.05) is 13.7 Å². The van der Waals surface area contributed by atoms with Gasteiger partial charge in [-0.15, -0.1) is 0 Å². The average molecular weight is 331 g/mol. The van der Waals surface area contributed by atoms with Crippen molar-refractivity contribution >= 4 is 5.57 Å². The first-order chi connectivity index (χ1) is 12.1. The van der Waals surface area contributed by atoms with E-state index in [1.807, 2.05) is 24.3 Å². The van der Waals surface area contributed by atoms with Crippen LogP contribution in [0.3, 0.4) is 0 Å².